The fraction of sp³-hybridized carbons (Fsp3) is 0.452. The van der Waals surface area contributed by atoms with Gasteiger partial charge in [-0.15, -0.1) is 5.06 Å². The summed E-state index contributed by atoms with van der Waals surface area (Å²) in [6, 6.07) is 7.70. The maximum absolute atomic E-state index is 14.3. The van der Waals surface area contributed by atoms with Crippen LogP contribution in [0, 0.1) is 6.92 Å². The van der Waals surface area contributed by atoms with Crippen LogP contribution >= 0.6 is 0 Å². The lowest BCUT2D eigenvalue weighted by molar-refractivity contribution is -0.197. The molecule has 65 heavy (non-hydrogen) atoms. The number of ketones is 1. The number of aryl methyl sites for hydroxylation is 1. The van der Waals surface area contributed by atoms with Crippen LogP contribution in [-0.4, -0.2) is 125 Å². The van der Waals surface area contributed by atoms with E-state index >= 15 is 0 Å². The summed E-state index contributed by atoms with van der Waals surface area (Å²) in [6.45, 7) is 5.19. The quantitative estimate of drug-likeness (QED) is 0.0453. The number of imide groups is 1. The molecular formula is C42H51N3O17S3. The summed E-state index contributed by atoms with van der Waals surface area (Å²) in [4.78, 5) is 61.6. The number of fused-ring (bicyclic) bond motifs is 1. The van der Waals surface area contributed by atoms with Crippen LogP contribution in [0.15, 0.2) is 85.9 Å². The minimum atomic E-state index is -4.74. The van der Waals surface area contributed by atoms with Crippen LogP contribution in [0.4, 0.5) is 5.69 Å². The monoisotopic (exact) mass is 965 g/mol. The number of carbonyl (C=O) groups excluding carboxylic acids is 4. The average Bonchev–Trinajstić information content (AvgIpc) is 3.65. The summed E-state index contributed by atoms with van der Waals surface area (Å²) in [7, 11) is -11.0. The molecule has 1 aliphatic carbocycles. The van der Waals surface area contributed by atoms with Crippen LogP contribution in [0.2, 0.25) is 0 Å². The molecule has 0 bridgehead atoms. The van der Waals surface area contributed by atoms with Crippen molar-refractivity contribution in [1.82, 2.24) is 5.06 Å². The second-order valence-corrected chi connectivity index (χ2v) is 20.6. The van der Waals surface area contributed by atoms with Crippen molar-refractivity contribution in [3.05, 3.63) is 87.8 Å². The molecule has 2 aromatic rings. The van der Waals surface area contributed by atoms with E-state index in [1.165, 1.54) is 62.8 Å². The first-order chi connectivity index (χ1) is 30.3. The van der Waals surface area contributed by atoms with E-state index in [0.717, 1.165) is 0 Å². The molecule has 1 saturated heterocycles. The SMILES string of the molecule is COCC/N=C(\C=C1/C(=O)C(/C=C2/N(CCCC(=O)ON3C(=O)CCC3=O)c3ccc(S(=O)(=O)O)cc3C2(C)CCOC)=C1O)C(C)(CCCS(=O)(=O)O)c1cc(S(=O)(=O)O)ccc1C. The molecule has 2 aromatic carbocycles. The maximum Gasteiger partial charge on any atom is 0.333 e. The van der Waals surface area contributed by atoms with Gasteiger partial charge >= 0.3 is 5.97 Å². The van der Waals surface area contributed by atoms with E-state index in [9.17, 15) is 63.2 Å². The molecule has 23 heteroatoms. The van der Waals surface area contributed by atoms with Crippen LogP contribution in [0.25, 0.3) is 0 Å². The van der Waals surface area contributed by atoms with Crippen LogP contribution in [0.1, 0.15) is 75.5 Å². The molecule has 0 saturated carbocycles. The third-order valence-corrected chi connectivity index (χ3v) is 14.2. The molecule has 2 unspecified atom stereocenters. The van der Waals surface area contributed by atoms with Crippen LogP contribution < -0.4 is 4.90 Å². The molecule has 354 valence electrons. The summed E-state index contributed by atoms with van der Waals surface area (Å²) in [6.07, 6.45) is 2.17. The summed E-state index contributed by atoms with van der Waals surface area (Å²) >= 11 is 0. The highest BCUT2D eigenvalue weighted by atomic mass is 32.2. The number of ether oxygens (including phenoxy) is 2. The van der Waals surface area contributed by atoms with Gasteiger partial charge in [-0.2, -0.15) is 25.3 Å². The third kappa shape index (κ3) is 11.3. The largest absolute Gasteiger partial charge is 0.506 e. The lowest BCUT2D eigenvalue weighted by atomic mass is 9.71. The van der Waals surface area contributed by atoms with Crippen molar-refractivity contribution in [2.75, 3.05) is 51.2 Å². The normalized spacial score (nSPS) is 20.5. The van der Waals surface area contributed by atoms with Crippen molar-refractivity contribution in [1.29, 1.82) is 0 Å². The molecule has 5 rings (SSSR count). The Kier molecular flexibility index (Phi) is 15.5. The highest BCUT2D eigenvalue weighted by Gasteiger charge is 2.46. The van der Waals surface area contributed by atoms with Gasteiger partial charge in [0.15, 0.2) is 0 Å². The number of methoxy groups -OCH3 is 2. The first-order valence-electron chi connectivity index (χ1n) is 20.2. The number of hydroxylamine groups is 2. The number of carbonyl (C=O) groups is 4. The Morgan fingerprint density at radius 1 is 0.908 bits per heavy atom. The topological polar surface area (TPSA) is 298 Å². The summed E-state index contributed by atoms with van der Waals surface area (Å²) < 4.78 is 113. The molecule has 0 aromatic heterocycles. The van der Waals surface area contributed by atoms with Gasteiger partial charge in [0.05, 0.1) is 39.8 Å². The van der Waals surface area contributed by atoms with Crippen LogP contribution in [-0.2, 0) is 74.7 Å². The lowest BCUT2D eigenvalue weighted by Crippen LogP contribution is -2.36. The Labute approximate surface area is 376 Å². The standard InChI is InChI=1S/C42H51N3O17S3/c1-26-9-10-27(64(54,55)56)22-31(26)41(2,15-7-21-63(51,52)53)34(43-17-20-61-5)24-29-39(49)30(40(29)50)25-35-42(3,16-19-60-4)32-23-28(65(57,58)59)11-12-33(32)44(35)18-6-8-38(48)62-45-36(46)13-14-37(45)47/h9-12,22-25,49H,6-8,13-21H2,1-5H3,(H,51,52,53)(H,54,55,56)(H,57,58,59)/b29-24-,35-25+,43-34+. The second-order valence-electron chi connectivity index (χ2n) is 16.1. The van der Waals surface area contributed by atoms with Crippen molar-refractivity contribution in [2.45, 2.75) is 86.3 Å². The minimum absolute atomic E-state index is 0.00900. The average molecular weight is 966 g/mol. The molecule has 2 atom stereocenters. The van der Waals surface area contributed by atoms with E-state index in [0.29, 0.717) is 27.6 Å². The van der Waals surface area contributed by atoms with Gasteiger partial charge in [-0.3, -0.25) is 33.0 Å². The van der Waals surface area contributed by atoms with E-state index in [1.807, 2.05) is 0 Å². The molecule has 1 fully saturated rings. The summed E-state index contributed by atoms with van der Waals surface area (Å²) in [5.41, 5.74) is -0.985. The number of aliphatic imine (C=N–C) groups is 1. The van der Waals surface area contributed by atoms with Crippen molar-refractivity contribution in [3.63, 3.8) is 0 Å². The zero-order valence-electron chi connectivity index (χ0n) is 36.3. The van der Waals surface area contributed by atoms with Crippen molar-refractivity contribution >= 4 is 65.3 Å². The van der Waals surface area contributed by atoms with Gasteiger partial charge in [0.25, 0.3) is 42.2 Å². The first kappa shape index (κ1) is 50.9. The first-order valence-corrected chi connectivity index (χ1v) is 24.7. The smallest absolute Gasteiger partial charge is 0.333 e. The third-order valence-electron chi connectivity index (χ3n) is 11.7. The molecule has 4 N–H and O–H groups in total. The number of nitrogens with zero attached hydrogens (tertiary/aromatic N) is 3. The van der Waals surface area contributed by atoms with E-state index in [2.05, 4.69) is 4.99 Å². The fourth-order valence-electron chi connectivity index (χ4n) is 8.14. The molecule has 20 nitrogen and oxygen atoms in total. The number of anilines is 1. The van der Waals surface area contributed by atoms with Gasteiger partial charge in [0.2, 0.25) is 5.78 Å². The molecular weight excluding hydrogens is 915 g/mol. The van der Waals surface area contributed by atoms with Crippen molar-refractivity contribution in [2.24, 2.45) is 4.99 Å². The van der Waals surface area contributed by atoms with Gasteiger partial charge in [-0.05, 0) is 106 Å². The van der Waals surface area contributed by atoms with Gasteiger partial charge in [0, 0.05) is 74.6 Å². The molecule has 2 aliphatic heterocycles. The van der Waals surface area contributed by atoms with E-state index in [-0.39, 0.29) is 93.7 Å². The number of rotatable bonds is 21. The Bertz CT molecular complexity index is 2730. The summed E-state index contributed by atoms with van der Waals surface area (Å²) in [5, 5.41) is 12.2. The van der Waals surface area contributed by atoms with E-state index in [4.69, 9.17) is 14.3 Å². The van der Waals surface area contributed by atoms with E-state index in [1.54, 1.807) is 25.7 Å². The van der Waals surface area contributed by atoms with Crippen LogP contribution in [0.5, 0.6) is 0 Å². The molecule has 0 spiro atoms. The van der Waals surface area contributed by atoms with Gasteiger partial charge in [-0.25, -0.2) is 4.79 Å². The van der Waals surface area contributed by atoms with Gasteiger partial charge in [0.1, 0.15) is 5.76 Å². The van der Waals surface area contributed by atoms with Gasteiger partial charge < -0.3 is 24.3 Å². The zero-order valence-corrected chi connectivity index (χ0v) is 38.7. The molecule has 0 radical (unpaired) electrons. The number of Topliss-reactive ketones (excluding diaryl/α,β-unsaturated/α-hetero) is 1. The minimum Gasteiger partial charge on any atom is -0.506 e. The number of hydrogen-bond acceptors (Lipinski definition) is 16. The lowest BCUT2D eigenvalue weighted by Gasteiger charge is -2.34. The Hall–Kier alpha value is -5.14. The highest BCUT2D eigenvalue weighted by molar-refractivity contribution is 7.86. The number of benzene rings is 2. The van der Waals surface area contributed by atoms with Crippen molar-refractivity contribution in [3.8, 4) is 0 Å². The predicted molar refractivity (Wildman–Crippen MR) is 233 cm³/mol. The van der Waals surface area contributed by atoms with Crippen molar-refractivity contribution < 1.29 is 77.5 Å². The van der Waals surface area contributed by atoms with Gasteiger partial charge in [-0.1, -0.05) is 6.07 Å². The Morgan fingerprint density at radius 2 is 1.52 bits per heavy atom. The number of allylic oxidation sites excluding steroid dienone is 5. The predicted octanol–water partition coefficient (Wildman–Crippen LogP) is 3.91. The zero-order chi connectivity index (χ0) is 48.3. The number of aliphatic hydroxyl groups excluding tert-OH is 1. The maximum atomic E-state index is 14.3. The second kappa shape index (κ2) is 19.8. The molecule has 3 aliphatic rings. The molecule has 2 amide bonds. The highest BCUT2D eigenvalue weighted by Crippen LogP contribution is 2.52. The number of hydrogen-bond donors (Lipinski definition) is 4. The Morgan fingerprint density at radius 3 is 2.11 bits per heavy atom. The van der Waals surface area contributed by atoms with E-state index < -0.39 is 86.1 Å². The molecule has 2 heterocycles. The fourth-order valence-corrected chi connectivity index (χ4v) is 9.66. The van der Waals surface area contributed by atoms with Crippen LogP contribution in [0.3, 0.4) is 0 Å². The number of amides is 2. The number of aliphatic hydroxyl groups is 1. The Balaban J connectivity index is 1.63. The summed E-state index contributed by atoms with van der Waals surface area (Å²) in [5.74, 6) is -4.07.